The summed E-state index contributed by atoms with van der Waals surface area (Å²) in [5.74, 6) is -0.783. The first-order valence-electron chi connectivity index (χ1n) is 17.5. The van der Waals surface area contributed by atoms with Crippen LogP contribution in [-0.2, 0) is 28.5 Å². The van der Waals surface area contributed by atoms with Gasteiger partial charge in [-0.2, -0.15) is 0 Å². The Kier molecular flexibility index (Phi) is 9.56. The van der Waals surface area contributed by atoms with E-state index in [1.165, 1.54) is 29.6 Å². The lowest BCUT2D eigenvalue weighted by atomic mass is 9.47. The lowest BCUT2D eigenvalue weighted by Crippen LogP contribution is -2.50. The first-order valence-corrected chi connectivity index (χ1v) is 17.5. The third-order valence-corrected chi connectivity index (χ3v) is 11.4. The predicted octanol–water partition coefficient (Wildman–Crippen LogP) is 8.23. The molecule has 1 heterocycles. The third-order valence-electron chi connectivity index (χ3n) is 11.4. The summed E-state index contributed by atoms with van der Waals surface area (Å²) in [4.78, 5) is 42.9. The minimum Gasteiger partial charge on any atom is -0.461 e. The standard InChI is InChI=1S/C40H49NO7/c1-38(2,3)48-36(43)34(26-10-7-6-8-11-26)35(42)45-22-23-46-37(44)47-29-17-19-39(4)28(24-29)13-14-30-32-16-15-31(27-12-9-21-41-25-27)40(32,5)20-18-33(30)39/h6-13,15,21,25,29-30,32-34H,14,16-20,22-24H2,1-5H3/t29-,30-,32-,33-,34-,39-,40+/m0/s1. The molecule has 6 rings (SSSR count). The fourth-order valence-corrected chi connectivity index (χ4v) is 9.16. The number of pyridine rings is 1. The third kappa shape index (κ3) is 6.81. The van der Waals surface area contributed by atoms with Crippen molar-refractivity contribution in [3.05, 3.63) is 83.7 Å². The van der Waals surface area contributed by atoms with Crippen LogP contribution in [0.15, 0.2) is 72.6 Å². The number of ether oxygens (including phenoxy) is 4. The lowest BCUT2D eigenvalue weighted by Gasteiger charge is -2.57. The normalized spacial score (nSPS) is 29.9. The second kappa shape index (κ2) is 13.5. The zero-order valence-corrected chi connectivity index (χ0v) is 28.9. The highest BCUT2D eigenvalue weighted by atomic mass is 16.7. The fourth-order valence-electron chi connectivity index (χ4n) is 9.16. The molecule has 48 heavy (non-hydrogen) atoms. The molecule has 4 aliphatic rings. The van der Waals surface area contributed by atoms with Crippen LogP contribution in [0.4, 0.5) is 4.79 Å². The molecule has 0 unspecified atom stereocenters. The predicted molar refractivity (Wildman–Crippen MR) is 182 cm³/mol. The number of hydrogen-bond donors (Lipinski definition) is 0. The number of rotatable bonds is 8. The Morgan fingerprint density at radius 1 is 0.875 bits per heavy atom. The van der Waals surface area contributed by atoms with Gasteiger partial charge in [0.05, 0.1) is 0 Å². The van der Waals surface area contributed by atoms with E-state index < -0.39 is 29.6 Å². The molecule has 0 aliphatic heterocycles. The van der Waals surface area contributed by atoms with Crippen LogP contribution in [0.3, 0.4) is 0 Å². The maximum absolute atomic E-state index is 13.0. The fraction of sp³-hybridized carbons (Fsp3) is 0.550. The number of carbonyl (C=O) groups excluding carboxylic acids is 3. The molecule has 0 radical (unpaired) electrons. The quantitative estimate of drug-likeness (QED) is 0.0922. The van der Waals surface area contributed by atoms with Crippen LogP contribution in [0, 0.1) is 28.6 Å². The largest absolute Gasteiger partial charge is 0.508 e. The highest BCUT2D eigenvalue weighted by Crippen LogP contribution is 2.66. The van der Waals surface area contributed by atoms with E-state index in [2.05, 4.69) is 37.0 Å². The van der Waals surface area contributed by atoms with Crippen molar-refractivity contribution in [2.75, 3.05) is 13.2 Å². The van der Waals surface area contributed by atoms with E-state index in [0.29, 0.717) is 23.3 Å². The average molecular weight is 656 g/mol. The Labute approximate surface area is 284 Å². The summed E-state index contributed by atoms with van der Waals surface area (Å²) in [5, 5.41) is 0. The molecule has 2 aromatic rings. The van der Waals surface area contributed by atoms with E-state index in [4.69, 9.17) is 18.9 Å². The van der Waals surface area contributed by atoms with Gasteiger partial charge in [0.2, 0.25) is 0 Å². The van der Waals surface area contributed by atoms with Gasteiger partial charge in [0.1, 0.15) is 24.9 Å². The van der Waals surface area contributed by atoms with Gasteiger partial charge in [-0.05, 0) is 111 Å². The molecular formula is C40H49NO7. The lowest BCUT2D eigenvalue weighted by molar-refractivity contribution is -0.165. The average Bonchev–Trinajstić information content (AvgIpc) is 3.41. The van der Waals surface area contributed by atoms with Crippen molar-refractivity contribution < 1.29 is 33.3 Å². The molecule has 0 amide bonds. The van der Waals surface area contributed by atoms with Gasteiger partial charge in [-0.1, -0.05) is 68.0 Å². The molecule has 1 aromatic heterocycles. The van der Waals surface area contributed by atoms with Gasteiger partial charge in [-0.25, -0.2) is 4.79 Å². The molecular weight excluding hydrogens is 606 g/mol. The van der Waals surface area contributed by atoms with Gasteiger partial charge < -0.3 is 18.9 Å². The van der Waals surface area contributed by atoms with Crippen molar-refractivity contribution in [2.45, 2.75) is 97.2 Å². The van der Waals surface area contributed by atoms with Gasteiger partial charge in [0, 0.05) is 18.8 Å². The first-order chi connectivity index (χ1) is 22.9. The molecule has 0 N–H and O–H groups in total. The molecule has 0 bridgehead atoms. The minimum atomic E-state index is -1.23. The Morgan fingerprint density at radius 3 is 2.35 bits per heavy atom. The zero-order chi connectivity index (χ0) is 34.1. The van der Waals surface area contributed by atoms with E-state index in [1.807, 2.05) is 18.5 Å². The molecule has 7 atom stereocenters. The summed E-state index contributed by atoms with van der Waals surface area (Å²) in [5.41, 5.74) is 4.16. The van der Waals surface area contributed by atoms with E-state index in [-0.39, 0.29) is 30.1 Å². The maximum Gasteiger partial charge on any atom is 0.508 e. The van der Waals surface area contributed by atoms with Crippen LogP contribution in [0.1, 0.15) is 96.6 Å². The van der Waals surface area contributed by atoms with Gasteiger partial charge in [0.25, 0.3) is 0 Å². The number of benzene rings is 1. The van der Waals surface area contributed by atoms with Crippen molar-refractivity contribution in [1.29, 1.82) is 0 Å². The number of aromatic nitrogens is 1. The molecule has 256 valence electrons. The summed E-state index contributed by atoms with van der Waals surface area (Å²) < 4.78 is 21.9. The van der Waals surface area contributed by atoms with Crippen LogP contribution >= 0.6 is 0 Å². The Morgan fingerprint density at radius 2 is 1.62 bits per heavy atom. The van der Waals surface area contributed by atoms with E-state index >= 15 is 0 Å². The number of hydrogen-bond acceptors (Lipinski definition) is 8. The number of esters is 2. The highest BCUT2D eigenvalue weighted by Gasteiger charge is 2.57. The van der Waals surface area contributed by atoms with Crippen LogP contribution < -0.4 is 0 Å². The number of nitrogens with zero attached hydrogens (tertiary/aromatic N) is 1. The molecule has 2 fully saturated rings. The summed E-state index contributed by atoms with van der Waals surface area (Å²) in [6.07, 6.45) is 14.8. The van der Waals surface area contributed by atoms with Crippen molar-refractivity contribution in [1.82, 2.24) is 4.98 Å². The van der Waals surface area contributed by atoms with Crippen molar-refractivity contribution in [2.24, 2.45) is 28.6 Å². The van der Waals surface area contributed by atoms with Gasteiger partial charge in [-0.3, -0.25) is 14.6 Å². The van der Waals surface area contributed by atoms with E-state index in [0.717, 1.165) is 32.1 Å². The number of fused-ring (bicyclic) bond motifs is 5. The summed E-state index contributed by atoms with van der Waals surface area (Å²) in [6.45, 7) is 9.76. The molecule has 8 nitrogen and oxygen atoms in total. The monoisotopic (exact) mass is 655 g/mol. The summed E-state index contributed by atoms with van der Waals surface area (Å²) >= 11 is 0. The maximum atomic E-state index is 13.0. The Hall–Kier alpha value is -3.94. The number of carbonyl (C=O) groups is 3. The first kappa shape index (κ1) is 33.9. The Balaban J connectivity index is 0.999. The number of allylic oxidation sites excluding steroid dienone is 3. The molecule has 8 heteroatoms. The highest BCUT2D eigenvalue weighted by molar-refractivity contribution is 6.01. The van der Waals surface area contributed by atoms with Crippen molar-refractivity contribution in [3.63, 3.8) is 0 Å². The molecule has 1 aromatic carbocycles. The smallest absolute Gasteiger partial charge is 0.461 e. The molecule has 0 saturated heterocycles. The molecule has 0 spiro atoms. The Bertz CT molecular complexity index is 1560. The van der Waals surface area contributed by atoms with Gasteiger partial charge in [-0.15, -0.1) is 0 Å². The van der Waals surface area contributed by atoms with Gasteiger partial charge >= 0.3 is 18.1 Å². The van der Waals surface area contributed by atoms with Crippen LogP contribution in [0.2, 0.25) is 0 Å². The van der Waals surface area contributed by atoms with Crippen LogP contribution in [0.5, 0.6) is 0 Å². The van der Waals surface area contributed by atoms with Crippen LogP contribution in [0.25, 0.3) is 5.57 Å². The topological polar surface area (TPSA) is 101 Å². The molecule has 4 aliphatic carbocycles. The second-order valence-electron chi connectivity index (χ2n) is 15.4. The summed E-state index contributed by atoms with van der Waals surface area (Å²) in [7, 11) is 0. The van der Waals surface area contributed by atoms with E-state index in [1.54, 1.807) is 51.1 Å². The second-order valence-corrected chi connectivity index (χ2v) is 15.4. The minimum absolute atomic E-state index is 0.114. The van der Waals surface area contributed by atoms with Crippen molar-refractivity contribution >= 4 is 23.7 Å². The summed E-state index contributed by atoms with van der Waals surface area (Å²) in [6, 6.07) is 12.9. The van der Waals surface area contributed by atoms with Gasteiger partial charge in [0.15, 0.2) is 5.92 Å². The van der Waals surface area contributed by atoms with Crippen molar-refractivity contribution in [3.8, 4) is 0 Å². The van der Waals surface area contributed by atoms with Crippen LogP contribution in [-0.4, -0.2) is 48.0 Å². The SMILES string of the molecule is CC(C)(C)OC(=O)[C@H](C(=O)OCCOC(=O)O[C@H]1CC[C@@]2(C)C(=CC[C@@H]3[C@@H]2CC[C@]2(C)C(c4cccnc4)=CC[C@@H]32)C1)c1ccccc1. The molecule has 2 saturated carbocycles. The zero-order valence-electron chi connectivity index (χ0n) is 28.9. The van der Waals surface area contributed by atoms with E-state index in [9.17, 15) is 14.4 Å².